The summed E-state index contributed by atoms with van der Waals surface area (Å²) in [5.74, 6) is -0.549. The number of amides is 1. The number of halogens is 1. The molecule has 0 bridgehead atoms. The Morgan fingerprint density at radius 3 is 2.52 bits per heavy atom. The molecule has 0 saturated carbocycles. The molecule has 110 valence electrons. The highest BCUT2D eigenvalue weighted by Crippen LogP contribution is 2.26. The van der Waals surface area contributed by atoms with E-state index in [9.17, 15) is 9.18 Å². The number of benzene rings is 2. The number of ether oxygens (including phenoxy) is 1. The number of nitrogens with one attached hydrogen (secondary N) is 1. The van der Waals surface area contributed by atoms with Crippen molar-refractivity contribution in [1.82, 2.24) is 0 Å². The molecule has 2 aromatic rings. The number of carbonyl (C=O) groups excluding carboxylic acids is 1. The quantitative estimate of drug-likeness (QED) is 0.738. The molecule has 0 aromatic heterocycles. The van der Waals surface area contributed by atoms with Gasteiger partial charge in [-0.05, 0) is 43.3 Å². The lowest BCUT2D eigenvalue weighted by Gasteiger charge is -2.11. The number of nitrogen functional groups attached to an aromatic ring is 1. The van der Waals surface area contributed by atoms with Crippen molar-refractivity contribution in [2.24, 2.45) is 5.73 Å². The Morgan fingerprint density at radius 1 is 1.29 bits per heavy atom. The van der Waals surface area contributed by atoms with Crippen LogP contribution in [0.4, 0.5) is 21.5 Å². The molecular weight excluding hydrogens is 273 g/mol. The molecule has 0 atom stereocenters. The minimum atomic E-state index is -0.706. The fourth-order valence-electron chi connectivity index (χ4n) is 1.85. The van der Waals surface area contributed by atoms with Crippen LogP contribution in [0.15, 0.2) is 36.4 Å². The molecule has 0 saturated heterocycles. The first-order chi connectivity index (χ1) is 10.0. The van der Waals surface area contributed by atoms with Crippen LogP contribution < -0.4 is 21.5 Å². The van der Waals surface area contributed by atoms with Crippen molar-refractivity contribution in [1.29, 1.82) is 0 Å². The second kappa shape index (κ2) is 6.13. The van der Waals surface area contributed by atoms with E-state index < -0.39 is 11.7 Å². The fourth-order valence-corrected chi connectivity index (χ4v) is 1.85. The van der Waals surface area contributed by atoms with Crippen LogP contribution >= 0.6 is 0 Å². The summed E-state index contributed by atoms with van der Waals surface area (Å²) in [5.41, 5.74) is 11.6. The van der Waals surface area contributed by atoms with Crippen molar-refractivity contribution in [3.05, 3.63) is 47.8 Å². The number of hydrogen-bond donors (Lipinski definition) is 3. The number of carbonyl (C=O) groups is 1. The lowest BCUT2D eigenvalue weighted by Crippen LogP contribution is -2.14. The van der Waals surface area contributed by atoms with E-state index in [1.54, 1.807) is 24.3 Å². The van der Waals surface area contributed by atoms with E-state index in [4.69, 9.17) is 16.2 Å². The third-order valence-corrected chi connectivity index (χ3v) is 2.85. The molecule has 1 amide bonds. The SMILES string of the molecule is CCOc1ccc(Nc2cc(C(N)=O)c(N)cc2F)cc1. The first-order valence-corrected chi connectivity index (χ1v) is 6.40. The zero-order chi connectivity index (χ0) is 15.4. The van der Waals surface area contributed by atoms with Crippen LogP contribution in [0.5, 0.6) is 5.75 Å². The summed E-state index contributed by atoms with van der Waals surface area (Å²) >= 11 is 0. The van der Waals surface area contributed by atoms with E-state index in [2.05, 4.69) is 5.32 Å². The minimum Gasteiger partial charge on any atom is -0.494 e. The van der Waals surface area contributed by atoms with Gasteiger partial charge in [-0.15, -0.1) is 0 Å². The summed E-state index contributed by atoms with van der Waals surface area (Å²) in [5, 5.41) is 2.87. The molecule has 5 N–H and O–H groups in total. The summed E-state index contributed by atoms with van der Waals surface area (Å²) < 4.78 is 19.2. The highest BCUT2D eigenvalue weighted by atomic mass is 19.1. The van der Waals surface area contributed by atoms with Gasteiger partial charge in [-0.3, -0.25) is 4.79 Å². The van der Waals surface area contributed by atoms with Gasteiger partial charge in [-0.25, -0.2) is 4.39 Å². The van der Waals surface area contributed by atoms with Crippen molar-refractivity contribution >= 4 is 23.0 Å². The summed E-state index contributed by atoms with van der Waals surface area (Å²) in [4.78, 5) is 11.2. The van der Waals surface area contributed by atoms with Gasteiger partial charge in [0.1, 0.15) is 11.6 Å². The Kier molecular flexibility index (Phi) is 4.27. The average Bonchev–Trinajstić information content (AvgIpc) is 2.43. The molecule has 0 aliphatic heterocycles. The maximum absolute atomic E-state index is 13.9. The summed E-state index contributed by atoms with van der Waals surface area (Å²) in [6, 6.07) is 9.36. The Bertz CT molecular complexity index is 657. The van der Waals surface area contributed by atoms with Crippen molar-refractivity contribution in [3.63, 3.8) is 0 Å². The Morgan fingerprint density at radius 2 is 1.95 bits per heavy atom. The number of hydrogen-bond acceptors (Lipinski definition) is 4. The molecule has 0 radical (unpaired) electrons. The van der Waals surface area contributed by atoms with E-state index >= 15 is 0 Å². The van der Waals surface area contributed by atoms with Crippen LogP contribution in [0.3, 0.4) is 0 Å². The number of rotatable bonds is 5. The Balaban J connectivity index is 2.26. The molecule has 0 aliphatic rings. The lowest BCUT2D eigenvalue weighted by atomic mass is 10.1. The second-order valence-electron chi connectivity index (χ2n) is 4.37. The van der Waals surface area contributed by atoms with Gasteiger partial charge in [0.05, 0.1) is 17.9 Å². The van der Waals surface area contributed by atoms with Crippen LogP contribution in [-0.2, 0) is 0 Å². The maximum atomic E-state index is 13.9. The molecule has 5 nitrogen and oxygen atoms in total. The second-order valence-corrected chi connectivity index (χ2v) is 4.37. The normalized spacial score (nSPS) is 10.2. The van der Waals surface area contributed by atoms with E-state index in [0.29, 0.717) is 12.3 Å². The van der Waals surface area contributed by atoms with Gasteiger partial charge >= 0.3 is 0 Å². The predicted octanol–water partition coefficient (Wildman–Crippen LogP) is 2.65. The van der Waals surface area contributed by atoms with Crippen molar-refractivity contribution in [2.45, 2.75) is 6.92 Å². The van der Waals surface area contributed by atoms with Gasteiger partial charge < -0.3 is 21.5 Å². The van der Waals surface area contributed by atoms with Crippen LogP contribution in [0.1, 0.15) is 17.3 Å². The molecule has 2 rings (SSSR count). The average molecular weight is 289 g/mol. The summed E-state index contributed by atoms with van der Waals surface area (Å²) in [6.45, 7) is 2.46. The number of nitrogens with two attached hydrogens (primary N) is 2. The largest absolute Gasteiger partial charge is 0.494 e. The van der Waals surface area contributed by atoms with Crippen LogP contribution in [-0.4, -0.2) is 12.5 Å². The number of anilines is 3. The molecule has 0 spiro atoms. The summed E-state index contributed by atoms with van der Waals surface area (Å²) in [6.07, 6.45) is 0. The minimum absolute atomic E-state index is 0.0113. The standard InChI is InChI=1S/C15H16FN3O2/c1-2-21-10-5-3-9(4-6-10)19-14-7-11(15(18)20)13(17)8-12(14)16/h3-8,19H,2,17H2,1H3,(H2,18,20). The molecule has 0 unspecified atom stereocenters. The summed E-state index contributed by atoms with van der Waals surface area (Å²) in [7, 11) is 0. The van der Waals surface area contributed by atoms with E-state index in [1.165, 1.54) is 6.07 Å². The molecule has 0 heterocycles. The Labute approximate surface area is 121 Å². The topological polar surface area (TPSA) is 90.4 Å². The third kappa shape index (κ3) is 3.42. The van der Waals surface area contributed by atoms with Gasteiger partial charge in [0.15, 0.2) is 0 Å². The van der Waals surface area contributed by atoms with Crippen molar-refractivity contribution in [3.8, 4) is 5.75 Å². The molecular formula is C15H16FN3O2. The fraction of sp³-hybridized carbons (Fsp3) is 0.133. The molecule has 0 fully saturated rings. The Hall–Kier alpha value is -2.76. The smallest absolute Gasteiger partial charge is 0.250 e. The molecule has 6 heteroatoms. The van der Waals surface area contributed by atoms with Crippen LogP contribution in [0.25, 0.3) is 0 Å². The van der Waals surface area contributed by atoms with Crippen LogP contribution in [0, 0.1) is 5.82 Å². The predicted molar refractivity (Wildman–Crippen MR) is 80.2 cm³/mol. The monoisotopic (exact) mass is 289 g/mol. The van der Waals surface area contributed by atoms with Crippen molar-refractivity contribution < 1.29 is 13.9 Å². The maximum Gasteiger partial charge on any atom is 0.250 e. The first-order valence-electron chi connectivity index (χ1n) is 6.40. The van der Waals surface area contributed by atoms with Crippen molar-refractivity contribution in [2.75, 3.05) is 17.7 Å². The van der Waals surface area contributed by atoms with E-state index in [-0.39, 0.29) is 16.9 Å². The highest BCUT2D eigenvalue weighted by molar-refractivity contribution is 5.99. The van der Waals surface area contributed by atoms with Gasteiger partial charge in [0.25, 0.3) is 5.91 Å². The van der Waals surface area contributed by atoms with Gasteiger partial charge in [0, 0.05) is 11.4 Å². The van der Waals surface area contributed by atoms with E-state index in [1.807, 2.05) is 6.92 Å². The van der Waals surface area contributed by atoms with Crippen LogP contribution in [0.2, 0.25) is 0 Å². The van der Waals surface area contributed by atoms with Gasteiger partial charge in [0.2, 0.25) is 0 Å². The van der Waals surface area contributed by atoms with E-state index in [0.717, 1.165) is 11.8 Å². The molecule has 2 aromatic carbocycles. The first kappa shape index (κ1) is 14.6. The third-order valence-electron chi connectivity index (χ3n) is 2.85. The lowest BCUT2D eigenvalue weighted by molar-refractivity contribution is 0.100. The number of primary amides is 1. The molecule has 0 aliphatic carbocycles. The highest BCUT2D eigenvalue weighted by Gasteiger charge is 2.12. The van der Waals surface area contributed by atoms with Gasteiger partial charge in [-0.1, -0.05) is 0 Å². The zero-order valence-corrected chi connectivity index (χ0v) is 11.5. The molecule has 21 heavy (non-hydrogen) atoms. The van der Waals surface area contributed by atoms with Gasteiger partial charge in [-0.2, -0.15) is 0 Å². The zero-order valence-electron chi connectivity index (χ0n) is 11.5.